The molecule has 3 heterocycles. The van der Waals surface area contributed by atoms with E-state index < -0.39 is 10.0 Å². The number of hydrogen-bond donors (Lipinski definition) is 1. The molecular weight excluding hydrogens is 446 g/mol. The van der Waals surface area contributed by atoms with E-state index in [1.54, 1.807) is 30.3 Å². The molecule has 4 rings (SSSR count). The van der Waals surface area contributed by atoms with Crippen molar-refractivity contribution >= 4 is 44.6 Å². The van der Waals surface area contributed by atoms with Crippen molar-refractivity contribution in [3.63, 3.8) is 0 Å². The van der Waals surface area contributed by atoms with E-state index in [9.17, 15) is 13.2 Å². The SMILES string of the molecule is O=C(c1ccc(NS(=O)(=O)c2ccc(Cl)s2)cc1)N1CCN(CC2CCCO2)CC1. The lowest BCUT2D eigenvalue weighted by molar-refractivity contribution is 0.0433. The maximum absolute atomic E-state index is 12.8. The van der Waals surface area contributed by atoms with Gasteiger partial charge in [0.15, 0.2) is 0 Å². The van der Waals surface area contributed by atoms with Crippen LogP contribution in [0.2, 0.25) is 4.34 Å². The zero-order valence-electron chi connectivity index (χ0n) is 16.4. The molecule has 1 unspecified atom stereocenters. The van der Waals surface area contributed by atoms with Gasteiger partial charge in [-0.1, -0.05) is 11.6 Å². The van der Waals surface area contributed by atoms with Gasteiger partial charge in [0, 0.05) is 50.6 Å². The molecule has 30 heavy (non-hydrogen) atoms. The number of anilines is 1. The lowest BCUT2D eigenvalue weighted by Crippen LogP contribution is -2.50. The molecule has 0 bridgehead atoms. The number of halogens is 1. The fourth-order valence-corrected chi connectivity index (χ4v) is 6.26. The minimum atomic E-state index is -3.69. The second-order valence-corrected chi connectivity index (χ2v) is 11.1. The fraction of sp³-hybridized carbons (Fsp3) is 0.450. The maximum atomic E-state index is 12.8. The Kier molecular flexibility index (Phi) is 6.64. The number of sulfonamides is 1. The lowest BCUT2D eigenvalue weighted by Gasteiger charge is -2.35. The van der Waals surface area contributed by atoms with Gasteiger partial charge in [0.2, 0.25) is 0 Å². The van der Waals surface area contributed by atoms with E-state index in [1.165, 1.54) is 6.07 Å². The standard InChI is InChI=1S/C20H24ClN3O4S2/c21-18-7-8-19(29-18)30(26,27)22-16-5-3-15(4-6-16)20(25)24-11-9-23(10-12-24)14-17-2-1-13-28-17/h3-8,17,22H,1-2,9-14H2. The second kappa shape index (κ2) is 9.23. The highest BCUT2D eigenvalue weighted by Gasteiger charge is 2.25. The van der Waals surface area contributed by atoms with E-state index in [4.69, 9.17) is 16.3 Å². The van der Waals surface area contributed by atoms with Gasteiger partial charge in [0.1, 0.15) is 4.21 Å². The predicted octanol–water partition coefficient (Wildman–Crippen LogP) is 3.14. The Morgan fingerprint density at radius 2 is 1.87 bits per heavy atom. The van der Waals surface area contributed by atoms with Gasteiger partial charge in [-0.2, -0.15) is 0 Å². The summed E-state index contributed by atoms with van der Waals surface area (Å²) in [6.07, 6.45) is 2.58. The quantitative estimate of drug-likeness (QED) is 0.703. The van der Waals surface area contributed by atoms with Gasteiger partial charge < -0.3 is 9.64 Å². The first-order chi connectivity index (χ1) is 14.4. The third-order valence-corrected chi connectivity index (χ3v) is 8.45. The van der Waals surface area contributed by atoms with Crippen LogP contribution in [0, 0.1) is 0 Å². The second-order valence-electron chi connectivity index (χ2n) is 7.47. The first-order valence-electron chi connectivity index (χ1n) is 9.92. The molecule has 2 fully saturated rings. The summed E-state index contributed by atoms with van der Waals surface area (Å²) in [5.74, 6) is -0.0359. The smallest absolute Gasteiger partial charge is 0.271 e. The van der Waals surface area contributed by atoms with Crippen molar-refractivity contribution in [3.05, 3.63) is 46.3 Å². The number of thiophene rings is 1. The topological polar surface area (TPSA) is 79.0 Å². The van der Waals surface area contributed by atoms with Crippen LogP contribution in [0.15, 0.2) is 40.6 Å². The molecular formula is C20H24ClN3O4S2. The van der Waals surface area contributed by atoms with Crippen molar-refractivity contribution in [1.82, 2.24) is 9.80 Å². The Morgan fingerprint density at radius 3 is 2.47 bits per heavy atom. The average Bonchev–Trinajstić information content (AvgIpc) is 3.40. The van der Waals surface area contributed by atoms with Crippen molar-refractivity contribution < 1.29 is 17.9 Å². The van der Waals surface area contributed by atoms with Crippen molar-refractivity contribution in [2.45, 2.75) is 23.2 Å². The summed E-state index contributed by atoms with van der Waals surface area (Å²) < 4.78 is 33.5. The normalized spacial score (nSPS) is 20.4. The van der Waals surface area contributed by atoms with Crippen molar-refractivity contribution in [2.24, 2.45) is 0 Å². The van der Waals surface area contributed by atoms with Crippen molar-refractivity contribution in [3.8, 4) is 0 Å². The highest BCUT2D eigenvalue weighted by molar-refractivity contribution is 7.94. The Bertz CT molecular complexity index is 980. The third kappa shape index (κ3) is 5.15. The summed E-state index contributed by atoms with van der Waals surface area (Å²) in [6.45, 7) is 4.83. The van der Waals surface area contributed by atoms with E-state index in [0.717, 1.165) is 50.4 Å². The Balaban J connectivity index is 1.32. The van der Waals surface area contributed by atoms with Crippen LogP contribution >= 0.6 is 22.9 Å². The third-order valence-electron chi connectivity index (χ3n) is 5.34. The molecule has 7 nitrogen and oxygen atoms in total. The summed E-state index contributed by atoms with van der Waals surface area (Å²) in [6, 6.07) is 9.52. The summed E-state index contributed by atoms with van der Waals surface area (Å²) in [5, 5.41) is 0. The molecule has 0 aliphatic carbocycles. The molecule has 1 N–H and O–H groups in total. The first kappa shape index (κ1) is 21.6. The van der Waals surface area contributed by atoms with Crippen LogP contribution in [0.1, 0.15) is 23.2 Å². The number of benzene rings is 1. The van der Waals surface area contributed by atoms with Crippen LogP contribution in [0.4, 0.5) is 5.69 Å². The molecule has 1 aromatic heterocycles. The zero-order valence-corrected chi connectivity index (χ0v) is 18.8. The minimum Gasteiger partial charge on any atom is -0.377 e. The number of rotatable bonds is 6. The molecule has 1 amide bonds. The van der Waals surface area contributed by atoms with Crippen LogP contribution < -0.4 is 4.72 Å². The van der Waals surface area contributed by atoms with Crippen LogP contribution in [0.5, 0.6) is 0 Å². The van der Waals surface area contributed by atoms with Gasteiger partial charge in [0.05, 0.1) is 10.4 Å². The van der Waals surface area contributed by atoms with Crippen molar-refractivity contribution in [2.75, 3.05) is 44.1 Å². The summed E-state index contributed by atoms with van der Waals surface area (Å²) in [7, 11) is -3.69. The van der Waals surface area contributed by atoms with E-state index in [1.807, 2.05) is 4.90 Å². The van der Waals surface area contributed by atoms with E-state index in [0.29, 0.717) is 34.8 Å². The Morgan fingerprint density at radius 1 is 1.13 bits per heavy atom. The highest BCUT2D eigenvalue weighted by Crippen LogP contribution is 2.27. The monoisotopic (exact) mass is 469 g/mol. The van der Waals surface area contributed by atoms with Gasteiger partial charge in [-0.3, -0.25) is 14.4 Å². The number of piperazine rings is 1. The Labute approximate surface area is 185 Å². The molecule has 162 valence electrons. The number of carbonyl (C=O) groups excluding carboxylic acids is 1. The number of carbonyl (C=O) groups is 1. The van der Waals surface area contributed by atoms with Crippen LogP contribution in [0.25, 0.3) is 0 Å². The van der Waals surface area contributed by atoms with Crippen LogP contribution in [-0.4, -0.2) is 69.6 Å². The molecule has 2 aliphatic rings. The van der Waals surface area contributed by atoms with E-state index in [-0.39, 0.29) is 10.1 Å². The van der Waals surface area contributed by atoms with Gasteiger partial charge in [-0.05, 0) is 49.2 Å². The number of hydrogen-bond acceptors (Lipinski definition) is 6. The zero-order chi connectivity index (χ0) is 21.1. The van der Waals surface area contributed by atoms with Gasteiger partial charge in [-0.25, -0.2) is 8.42 Å². The lowest BCUT2D eigenvalue weighted by atomic mass is 10.1. The van der Waals surface area contributed by atoms with Crippen LogP contribution in [-0.2, 0) is 14.8 Å². The summed E-state index contributed by atoms with van der Waals surface area (Å²) in [4.78, 5) is 17.0. The first-order valence-corrected chi connectivity index (χ1v) is 12.6. The molecule has 10 heteroatoms. The van der Waals surface area contributed by atoms with Gasteiger partial charge in [0.25, 0.3) is 15.9 Å². The molecule has 0 radical (unpaired) electrons. The predicted molar refractivity (Wildman–Crippen MR) is 118 cm³/mol. The molecule has 2 saturated heterocycles. The molecule has 2 aliphatic heterocycles. The van der Waals surface area contributed by atoms with E-state index >= 15 is 0 Å². The van der Waals surface area contributed by atoms with Crippen LogP contribution in [0.3, 0.4) is 0 Å². The number of amides is 1. The molecule has 2 aromatic rings. The maximum Gasteiger partial charge on any atom is 0.271 e. The summed E-state index contributed by atoms with van der Waals surface area (Å²) >= 11 is 6.82. The van der Waals surface area contributed by atoms with Crippen molar-refractivity contribution in [1.29, 1.82) is 0 Å². The molecule has 0 spiro atoms. The van der Waals surface area contributed by atoms with E-state index in [2.05, 4.69) is 9.62 Å². The number of nitrogens with zero attached hydrogens (tertiary/aromatic N) is 2. The molecule has 0 saturated carbocycles. The fourth-order valence-electron chi connectivity index (χ4n) is 3.72. The number of ether oxygens (including phenoxy) is 1. The van der Waals surface area contributed by atoms with Gasteiger partial charge >= 0.3 is 0 Å². The minimum absolute atomic E-state index is 0.0359. The average molecular weight is 470 g/mol. The molecule has 1 aromatic carbocycles. The van der Waals surface area contributed by atoms with Gasteiger partial charge in [-0.15, -0.1) is 11.3 Å². The summed E-state index contributed by atoms with van der Waals surface area (Å²) in [5.41, 5.74) is 0.946. The number of nitrogens with one attached hydrogen (secondary N) is 1. The largest absolute Gasteiger partial charge is 0.377 e. The molecule has 1 atom stereocenters. The Hall–Kier alpha value is -1.65. The highest BCUT2D eigenvalue weighted by atomic mass is 35.5.